The Kier molecular flexibility index (Phi) is 6.16. The Morgan fingerprint density at radius 3 is 2.67 bits per heavy atom. The summed E-state index contributed by atoms with van der Waals surface area (Å²) in [7, 11) is 2.06. The van der Waals surface area contributed by atoms with Crippen molar-refractivity contribution in [2.45, 2.75) is 19.8 Å². The third-order valence-electron chi connectivity index (χ3n) is 1.76. The third-order valence-corrected chi connectivity index (χ3v) is 1.76. The minimum Gasteiger partial charge on any atom is -0.375 e. The number of hydrogen-bond acceptors (Lipinski definition) is 1. The Labute approximate surface area is 76.1 Å². The van der Waals surface area contributed by atoms with Gasteiger partial charge in [0.2, 0.25) is 0 Å². The van der Waals surface area contributed by atoms with Crippen molar-refractivity contribution in [1.82, 2.24) is 4.90 Å². The molecule has 0 fully saturated rings. The van der Waals surface area contributed by atoms with Gasteiger partial charge in [0, 0.05) is 19.3 Å². The van der Waals surface area contributed by atoms with Crippen molar-refractivity contribution in [3.05, 3.63) is 37.1 Å². The summed E-state index contributed by atoms with van der Waals surface area (Å²) in [5.74, 6) is 0. The summed E-state index contributed by atoms with van der Waals surface area (Å²) in [4.78, 5) is 2.16. The number of unbranched alkanes of at least 4 members (excludes halogenated alkanes) is 1. The molecular formula is C11H19N. The Bertz CT molecular complexity index is 168. The molecule has 1 nitrogen and oxygen atoms in total. The van der Waals surface area contributed by atoms with E-state index < -0.39 is 0 Å². The summed E-state index contributed by atoms with van der Waals surface area (Å²) in [6.45, 7) is 10.8. The van der Waals surface area contributed by atoms with Gasteiger partial charge in [-0.3, -0.25) is 0 Å². The molecule has 0 heterocycles. The van der Waals surface area contributed by atoms with Gasteiger partial charge in [0.15, 0.2) is 0 Å². The predicted octanol–water partition coefficient (Wildman–Crippen LogP) is 2.97. The van der Waals surface area contributed by atoms with Crippen LogP contribution in [0, 0.1) is 0 Å². The van der Waals surface area contributed by atoms with Crippen molar-refractivity contribution >= 4 is 0 Å². The van der Waals surface area contributed by atoms with Gasteiger partial charge in [-0.15, -0.1) is 0 Å². The average Bonchev–Trinajstić information content (AvgIpc) is 2.10. The quantitative estimate of drug-likeness (QED) is 0.547. The molecule has 0 aliphatic carbocycles. The summed E-state index contributed by atoms with van der Waals surface area (Å²) in [6.07, 6.45) is 8.09. The SMILES string of the molecule is C=C/C=C\C(=C)N(C)CCCC. The first-order valence-electron chi connectivity index (χ1n) is 4.41. The topological polar surface area (TPSA) is 3.24 Å². The second kappa shape index (κ2) is 6.71. The molecule has 1 heteroatoms. The molecule has 0 atom stereocenters. The highest BCUT2D eigenvalue weighted by atomic mass is 15.1. The molecule has 0 bridgehead atoms. The van der Waals surface area contributed by atoms with E-state index in [0.29, 0.717) is 0 Å². The number of hydrogen-bond donors (Lipinski definition) is 0. The van der Waals surface area contributed by atoms with Gasteiger partial charge in [-0.25, -0.2) is 0 Å². The van der Waals surface area contributed by atoms with Gasteiger partial charge in [0.05, 0.1) is 0 Å². The maximum atomic E-state index is 3.94. The molecule has 0 radical (unpaired) electrons. The number of allylic oxidation sites excluding steroid dienone is 3. The molecule has 0 amide bonds. The molecule has 0 unspecified atom stereocenters. The van der Waals surface area contributed by atoms with Crippen molar-refractivity contribution in [2.24, 2.45) is 0 Å². The normalized spacial score (nSPS) is 10.2. The fraction of sp³-hybridized carbons (Fsp3) is 0.455. The van der Waals surface area contributed by atoms with Gasteiger partial charge >= 0.3 is 0 Å². The Morgan fingerprint density at radius 2 is 2.17 bits per heavy atom. The van der Waals surface area contributed by atoms with Gasteiger partial charge in [0.1, 0.15) is 0 Å². The zero-order valence-electron chi connectivity index (χ0n) is 8.21. The van der Waals surface area contributed by atoms with Crippen LogP contribution in [0.4, 0.5) is 0 Å². The van der Waals surface area contributed by atoms with Crippen LogP contribution in [0.3, 0.4) is 0 Å². The summed E-state index contributed by atoms with van der Waals surface area (Å²) in [5.41, 5.74) is 1.04. The summed E-state index contributed by atoms with van der Waals surface area (Å²) in [6, 6.07) is 0. The van der Waals surface area contributed by atoms with Crippen molar-refractivity contribution in [3.63, 3.8) is 0 Å². The maximum absolute atomic E-state index is 3.94. The van der Waals surface area contributed by atoms with Gasteiger partial charge in [-0.2, -0.15) is 0 Å². The first kappa shape index (κ1) is 11.0. The van der Waals surface area contributed by atoms with Crippen LogP contribution in [-0.2, 0) is 0 Å². The summed E-state index contributed by atoms with van der Waals surface area (Å²) in [5, 5.41) is 0. The average molecular weight is 165 g/mol. The van der Waals surface area contributed by atoms with Gasteiger partial charge in [-0.05, 0) is 12.5 Å². The van der Waals surface area contributed by atoms with Gasteiger partial charge in [-0.1, -0.05) is 38.7 Å². The largest absolute Gasteiger partial charge is 0.375 e. The van der Waals surface area contributed by atoms with Crippen LogP contribution < -0.4 is 0 Å². The molecule has 0 aromatic rings. The zero-order valence-corrected chi connectivity index (χ0v) is 8.21. The van der Waals surface area contributed by atoms with Crippen LogP contribution in [0.2, 0.25) is 0 Å². The molecule has 0 aromatic carbocycles. The molecule has 0 saturated carbocycles. The lowest BCUT2D eigenvalue weighted by molar-refractivity contribution is 0.419. The molecule has 68 valence electrons. The van der Waals surface area contributed by atoms with E-state index in [4.69, 9.17) is 0 Å². The smallest absolute Gasteiger partial charge is 0.0290 e. The highest BCUT2D eigenvalue weighted by Crippen LogP contribution is 2.02. The van der Waals surface area contributed by atoms with Crippen LogP contribution in [0.5, 0.6) is 0 Å². The van der Waals surface area contributed by atoms with Crippen LogP contribution >= 0.6 is 0 Å². The molecule has 0 N–H and O–H groups in total. The lowest BCUT2D eigenvalue weighted by Crippen LogP contribution is -2.16. The van der Waals surface area contributed by atoms with Crippen molar-refractivity contribution < 1.29 is 0 Å². The van der Waals surface area contributed by atoms with Crippen LogP contribution in [-0.4, -0.2) is 18.5 Å². The molecule has 12 heavy (non-hydrogen) atoms. The first-order chi connectivity index (χ1) is 5.72. The lowest BCUT2D eigenvalue weighted by Gasteiger charge is -2.18. The van der Waals surface area contributed by atoms with E-state index >= 15 is 0 Å². The summed E-state index contributed by atoms with van der Waals surface area (Å²) < 4.78 is 0. The Morgan fingerprint density at radius 1 is 1.50 bits per heavy atom. The van der Waals surface area contributed by atoms with E-state index in [0.717, 1.165) is 12.2 Å². The van der Waals surface area contributed by atoms with Crippen LogP contribution in [0.25, 0.3) is 0 Å². The van der Waals surface area contributed by atoms with E-state index in [1.165, 1.54) is 12.8 Å². The zero-order chi connectivity index (χ0) is 9.40. The van der Waals surface area contributed by atoms with E-state index in [1.807, 2.05) is 12.2 Å². The Hall–Kier alpha value is -0.980. The molecule has 0 aromatic heterocycles. The van der Waals surface area contributed by atoms with E-state index in [2.05, 4.69) is 32.0 Å². The highest BCUT2D eigenvalue weighted by Gasteiger charge is 1.95. The second-order valence-electron chi connectivity index (χ2n) is 2.86. The molecular weight excluding hydrogens is 146 g/mol. The van der Waals surface area contributed by atoms with Gasteiger partial charge < -0.3 is 4.90 Å². The minimum atomic E-state index is 1.04. The van der Waals surface area contributed by atoms with E-state index in [1.54, 1.807) is 6.08 Å². The lowest BCUT2D eigenvalue weighted by atomic mass is 10.3. The summed E-state index contributed by atoms with van der Waals surface area (Å²) >= 11 is 0. The molecule has 0 aliphatic rings. The Balaban J connectivity index is 3.76. The molecule has 0 spiro atoms. The van der Waals surface area contributed by atoms with Crippen molar-refractivity contribution in [1.29, 1.82) is 0 Å². The van der Waals surface area contributed by atoms with Crippen LogP contribution in [0.15, 0.2) is 37.1 Å². The first-order valence-corrected chi connectivity index (χ1v) is 4.41. The predicted molar refractivity (Wildman–Crippen MR) is 56.0 cm³/mol. The fourth-order valence-corrected chi connectivity index (χ4v) is 0.845. The monoisotopic (exact) mass is 165 g/mol. The minimum absolute atomic E-state index is 1.04. The van der Waals surface area contributed by atoms with Gasteiger partial charge in [0.25, 0.3) is 0 Å². The number of likely N-dealkylation sites (N-methyl/N-ethyl adjacent to an activating group) is 1. The number of rotatable bonds is 6. The number of nitrogens with zero attached hydrogens (tertiary/aromatic N) is 1. The fourth-order valence-electron chi connectivity index (χ4n) is 0.845. The molecule has 0 aliphatic heterocycles. The third kappa shape index (κ3) is 4.78. The van der Waals surface area contributed by atoms with E-state index in [9.17, 15) is 0 Å². The standard InChI is InChI=1S/C11H19N/c1-5-7-9-11(3)12(4)10-8-6-2/h5,7,9H,1,3,6,8,10H2,2,4H3/b9-7-. The molecule has 0 rings (SSSR count). The second-order valence-corrected chi connectivity index (χ2v) is 2.86. The van der Waals surface area contributed by atoms with Crippen molar-refractivity contribution in [2.75, 3.05) is 13.6 Å². The van der Waals surface area contributed by atoms with Crippen molar-refractivity contribution in [3.8, 4) is 0 Å². The molecule has 0 saturated heterocycles. The highest BCUT2D eigenvalue weighted by molar-refractivity contribution is 5.16. The maximum Gasteiger partial charge on any atom is 0.0290 e. The van der Waals surface area contributed by atoms with E-state index in [-0.39, 0.29) is 0 Å². The van der Waals surface area contributed by atoms with Crippen LogP contribution in [0.1, 0.15) is 19.8 Å².